The molecular formula is C12H18N2. The van der Waals surface area contributed by atoms with Gasteiger partial charge in [-0.3, -0.25) is 4.98 Å². The molecule has 2 nitrogen and oxygen atoms in total. The van der Waals surface area contributed by atoms with E-state index in [0.29, 0.717) is 5.92 Å². The van der Waals surface area contributed by atoms with E-state index in [9.17, 15) is 0 Å². The lowest BCUT2D eigenvalue weighted by atomic mass is 10.1. The molecule has 0 bridgehead atoms. The number of rotatable bonds is 3. The molecule has 0 aliphatic heterocycles. The standard InChI is InChI=1S/C12H18N2/c1-8(2)10(4)14-12-7-6-9(3)13-11(12)5/h6-8,14H,4H2,1-3,5H3. The fraction of sp³-hybridized carbons (Fsp3) is 0.417. The van der Waals surface area contributed by atoms with Crippen LogP contribution in [0.2, 0.25) is 0 Å². The van der Waals surface area contributed by atoms with Crippen LogP contribution < -0.4 is 5.32 Å². The molecule has 0 saturated carbocycles. The number of aromatic nitrogens is 1. The summed E-state index contributed by atoms with van der Waals surface area (Å²) in [6.45, 7) is 12.2. The summed E-state index contributed by atoms with van der Waals surface area (Å²) in [5.74, 6) is 0.440. The molecule has 1 aromatic rings. The van der Waals surface area contributed by atoms with Gasteiger partial charge in [0.1, 0.15) is 0 Å². The first-order chi connectivity index (χ1) is 6.50. The molecule has 1 N–H and O–H groups in total. The van der Waals surface area contributed by atoms with Gasteiger partial charge in [0.2, 0.25) is 0 Å². The van der Waals surface area contributed by atoms with Gasteiger partial charge in [-0.2, -0.15) is 0 Å². The van der Waals surface area contributed by atoms with Gasteiger partial charge in [-0.25, -0.2) is 0 Å². The van der Waals surface area contributed by atoms with Crippen LogP contribution in [0.15, 0.2) is 24.4 Å². The fourth-order valence-electron chi connectivity index (χ4n) is 1.14. The van der Waals surface area contributed by atoms with Gasteiger partial charge in [0.05, 0.1) is 11.4 Å². The summed E-state index contributed by atoms with van der Waals surface area (Å²) in [6.07, 6.45) is 0. The average molecular weight is 190 g/mol. The Hall–Kier alpha value is -1.31. The van der Waals surface area contributed by atoms with Gasteiger partial charge in [-0.05, 0) is 31.9 Å². The Balaban J connectivity index is 2.82. The summed E-state index contributed by atoms with van der Waals surface area (Å²) in [5, 5.41) is 3.28. The van der Waals surface area contributed by atoms with Crippen molar-refractivity contribution in [3.05, 3.63) is 35.8 Å². The second-order valence-corrected chi connectivity index (χ2v) is 3.89. The minimum absolute atomic E-state index is 0.440. The summed E-state index contributed by atoms with van der Waals surface area (Å²) in [7, 11) is 0. The second kappa shape index (κ2) is 4.27. The molecule has 0 fully saturated rings. The lowest BCUT2D eigenvalue weighted by molar-refractivity contribution is 0.777. The highest BCUT2D eigenvalue weighted by atomic mass is 14.9. The summed E-state index contributed by atoms with van der Waals surface area (Å²) < 4.78 is 0. The number of anilines is 1. The summed E-state index contributed by atoms with van der Waals surface area (Å²) in [6, 6.07) is 4.05. The van der Waals surface area contributed by atoms with E-state index in [2.05, 4.69) is 30.7 Å². The van der Waals surface area contributed by atoms with Gasteiger partial charge >= 0.3 is 0 Å². The molecule has 0 aliphatic carbocycles. The van der Waals surface area contributed by atoms with Crippen molar-refractivity contribution < 1.29 is 0 Å². The van der Waals surface area contributed by atoms with Crippen LogP contribution in [-0.2, 0) is 0 Å². The van der Waals surface area contributed by atoms with E-state index in [1.807, 2.05) is 26.0 Å². The molecule has 0 unspecified atom stereocenters. The van der Waals surface area contributed by atoms with Crippen molar-refractivity contribution >= 4 is 5.69 Å². The zero-order valence-electron chi connectivity index (χ0n) is 9.39. The monoisotopic (exact) mass is 190 g/mol. The van der Waals surface area contributed by atoms with Crippen molar-refractivity contribution in [2.75, 3.05) is 5.32 Å². The number of hydrogen-bond acceptors (Lipinski definition) is 2. The minimum Gasteiger partial charge on any atom is -0.358 e. The zero-order chi connectivity index (χ0) is 10.7. The number of pyridine rings is 1. The van der Waals surface area contributed by atoms with Gasteiger partial charge in [0.25, 0.3) is 0 Å². The SMILES string of the molecule is C=C(Nc1ccc(C)nc1C)C(C)C. The molecule has 2 heteroatoms. The first-order valence-corrected chi connectivity index (χ1v) is 4.90. The number of nitrogens with zero attached hydrogens (tertiary/aromatic N) is 1. The van der Waals surface area contributed by atoms with E-state index in [-0.39, 0.29) is 0 Å². The second-order valence-electron chi connectivity index (χ2n) is 3.89. The summed E-state index contributed by atoms with van der Waals surface area (Å²) >= 11 is 0. The Morgan fingerprint density at radius 3 is 2.50 bits per heavy atom. The Labute approximate surface area is 86.1 Å². The molecule has 0 spiro atoms. The number of hydrogen-bond donors (Lipinski definition) is 1. The largest absolute Gasteiger partial charge is 0.358 e. The van der Waals surface area contributed by atoms with Crippen LogP contribution in [0.25, 0.3) is 0 Å². The van der Waals surface area contributed by atoms with Crippen LogP contribution in [0.3, 0.4) is 0 Å². The van der Waals surface area contributed by atoms with Gasteiger partial charge in [-0.15, -0.1) is 0 Å². The van der Waals surface area contributed by atoms with Gasteiger partial charge < -0.3 is 5.32 Å². The normalized spacial score (nSPS) is 10.4. The smallest absolute Gasteiger partial charge is 0.0610 e. The van der Waals surface area contributed by atoms with Crippen molar-refractivity contribution in [1.82, 2.24) is 4.98 Å². The highest BCUT2D eigenvalue weighted by Gasteiger charge is 2.03. The maximum absolute atomic E-state index is 4.38. The lowest BCUT2D eigenvalue weighted by Gasteiger charge is -2.14. The third kappa shape index (κ3) is 2.59. The number of aryl methyl sites for hydroxylation is 2. The molecule has 1 aromatic heterocycles. The molecule has 1 rings (SSSR count). The Bertz CT molecular complexity index is 340. The van der Waals surface area contributed by atoms with Crippen LogP contribution in [0.4, 0.5) is 5.69 Å². The first kappa shape index (κ1) is 10.8. The van der Waals surface area contributed by atoms with Gasteiger partial charge in [-0.1, -0.05) is 20.4 Å². The fourth-order valence-corrected chi connectivity index (χ4v) is 1.14. The summed E-state index contributed by atoms with van der Waals surface area (Å²) in [4.78, 5) is 4.38. The third-order valence-corrected chi connectivity index (χ3v) is 2.22. The molecule has 14 heavy (non-hydrogen) atoms. The van der Waals surface area contributed by atoms with Crippen LogP contribution in [0.5, 0.6) is 0 Å². The molecule has 0 amide bonds. The van der Waals surface area contributed by atoms with E-state index in [0.717, 1.165) is 22.8 Å². The van der Waals surface area contributed by atoms with Crippen LogP contribution in [0, 0.1) is 19.8 Å². The van der Waals surface area contributed by atoms with E-state index >= 15 is 0 Å². The quantitative estimate of drug-likeness (QED) is 0.791. The van der Waals surface area contributed by atoms with Crippen molar-refractivity contribution in [3.8, 4) is 0 Å². The predicted molar refractivity (Wildman–Crippen MR) is 61.3 cm³/mol. The molecule has 0 saturated heterocycles. The lowest BCUT2D eigenvalue weighted by Crippen LogP contribution is -2.06. The Kier molecular flexibility index (Phi) is 3.28. The van der Waals surface area contributed by atoms with Crippen LogP contribution in [-0.4, -0.2) is 4.98 Å². The topological polar surface area (TPSA) is 24.9 Å². The molecule has 76 valence electrons. The van der Waals surface area contributed by atoms with Crippen LogP contribution in [0.1, 0.15) is 25.2 Å². The molecule has 0 aromatic carbocycles. The predicted octanol–water partition coefficient (Wildman–Crippen LogP) is 3.28. The van der Waals surface area contributed by atoms with Crippen molar-refractivity contribution in [3.63, 3.8) is 0 Å². The van der Waals surface area contributed by atoms with E-state index in [1.54, 1.807) is 0 Å². The molecule has 1 heterocycles. The van der Waals surface area contributed by atoms with E-state index in [4.69, 9.17) is 0 Å². The summed E-state index contributed by atoms with van der Waals surface area (Å²) in [5.41, 5.74) is 4.14. The van der Waals surface area contributed by atoms with Crippen molar-refractivity contribution in [2.24, 2.45) is 5.92 Å². The van der Waals surface area contributed by atoms with Crippen molar-refractivity contribution in [2.45, 2.75) is 27.7 Å². The maximum atomic E-state index is 4.38. The average Bonchev–Trinajstić information content (AvgIpc) is 2.09. The third-order valence-electron chi connectivity index (χ3n) is 2.22. The van der Waals surface area contributed by atoms with E-state index < -0.39 is 0 Å². The first-order valence-electron chi connectivity index (χ1n) is 4.90. The van der Waals surface area contributed by atoms with Gasteiger partial charge in [0, 0.05) is 11.4 Å². The number of nitrogens with one attached hydrogen (secondary N) is 1. The Morgan fingerprint density at radius 1 is 1.36 bits per heavy atom. The highest BCUT2D eigenvalue weighted by Crippen LogP contribution is 2.17. The highest BCUT2D eigenvalue weighted by molar-refractivity contribution is 5.51. The van der Waals surface area contributed by atoms with Crippen molar-refractivity contribution in [1.29, 1.82) is 0 Å². The Morgan fingerprint density at radius 2 is 2.00 bits per heavy atom. The molecule has 0 atom stereocenters. The van der Waals surface area contributed by atoms with Crippen LogP contribution >= 0.6 is 0 Å². The molecule has 0 radical (unpaired) electrons. The number of allylic oxidation sites excluding steroid dienone is 1. The maximum Gasteiger partial charge on any atom is 0.0610 e. The minimum atomic E-state index is 0.440. The van der Waals surface area contributed by atoms with E-state index in [1.165, 1.54) is 0 Å². The zero-order valence-corrected chi connectivity index (χ0v) is 9.39. The molecular weight excluding hydrogens is 172 g/mol. The van der Waals surface area contributed by atoms with Gasteiger partial charge in [0.15, 0.2) is 0 Å². The molecule has 0 aliphatic rings.